The summed E-state index contributed by atoms with van der Waals surface area (Å²) in [5, 5.41) is 0. The van der Waals surface area contributed by atoms with Crippen LogP contribution in [0.1, 0.15) is 26.7 Å². The van der Waals surface area contributed by atoms with Crippen LogP contribution >= 0.6 is 0 Å². The number of hydrogen-bond donors (Lipinski definition) is 0. The van der Waals surface area contributed by atoms with Gasteiger partial charge in [0.2, 0.25) is 0 Å². The molecule has 1 rings (SSSR count). The quantitative estimate of drug-likeness (QED) is 0.764. The van der Waals surface area contributed by atoms with Gasteiger partial charge in [-0.15, -0.1) is 0 Å². The summed E-state index contributed by atoms with van der Waals surface area (Å²) in [5.74, 6) is -0.911. The van der Waals surface area contributed by atoms with Crippen LogP contribution in [0.5, 0.6) is 0 Å². The molecule has 0 aromatic heterocycles. The lowest BCUT2D eigenvalue weighted by atomic mass is 10.2. The van der Waals surface area contributed by atoms with Gasteiger partial charge in [0.05, 0.1) is 0 Å². The first-order valence-electron chi connectivity index (χ1n) is 6.73. The van der Waals surface area contributed by atoms with E-state index in [1.807, 2.05) is 37.3 Å². The number of para-hydroxylation sites is 1. The van der Waals surface area contributed by atoms with Crippen molar-refractivity contribution in [3.05, 3.63) is 30.3 Å². The van der Waals surface area contributed by atoms with E-state index < -0.39 is 11.8 Å². The van der Waals surface area contributed by atoms with E-state index in [0.717, 1.165) is 18.5 Å². The standard InChI is InChI=1S/C15H22N2O2/c1-4-6-12-16(3)14(18)15(19)17(5-2)13-10-8-7-9-11-13/h7-11H,4-6,12H2,1-3H3. The van der Waals surface area contributed by atoms with E-state index in [9.17, 15) is 9.59 Å². The number of carbonyl (C=O) groups excluding carboxylic acids is 2. The third-order valence-electron chi connectivity index (χ3n) is 3.01. The molecule has 0 atom stereocenters. The highest BCUT2D eigenvalue weighted by Gasteiger charge is 2.24. The Morgan fingerprint density at radius 3 is 2.21 bits per heavy atom. The van der Waals surface area contributed by atoms with Crippen molar-refractivity contribution in [1.29, 1.82) is 0 Å². The maximum absolute atomic E-state index is 12.2. The molecule has 0 radical (unpaired) electrons. The van der Waals surface area contributed by atoms with Crippen LogP contribution in [0.4, 0.5) is 5.69 Å². The molecule has 104 valence electrons. The van der Waals surface area contributed by atoms with E-state index in [0.29, 0.717) is 13.1 Å². The van der Waals surface area contributed by atoms with Gasteiger partial charge in [-0.25, -0.2) is 0 Å². The molecular formula is C15H22N2O2. The van der Waals surface area contributed by atoms with Crippen molar-refractivity contribution >= 4 is 17.5 Å². The summed E-state index contributed by atoms with van der Waals surface area (Å²) in [5.41, 5.74) is 0.757. The summed E-state index contributed by atoms with van der Waals surface area (Å²) in [6, 6.07) is 9.27. The number of carbonyl (C=O) groups is 2. The predicted molar refractivity (Wildman–Crippen MR) is 77.0 cm³/mol. The average molecular weight is 262 g/mol. The van der Waals surface area contributed by atoms with Crippen molar-refractivity contribution in [2.45, 2.75) is 26.7 Å². The number of likely N-dealkylation sites (N-methyl/N-ethyl adjacent to an activating group) is 2. The molecule has 0 aliphatic heterocycles. The lowest BCUT2D eigenvalue weighted by Crippen LogP contribution is -2.44. The zero-order valence-corrected chi connectivity index (χ0v) is 11.9. The van der Waals surface area contributed by atoms with Gasteiger partial charge >= 0.3 is 11.8 Å². The van der Waals surface area contributed by atoms with Crippen LogP contribution in [-0.2, 0) is 9.59 Å². The molecule has 0 unspecified atom stereocenters. The monoisotopic (exact) mass is 262 g/mol. The zero-order chi connectivity index (χ0) is 14.3. The molecule has 4 heteroatoms. The summed E-state index contributed by atoms with van der Waals surface area (Å²) >= 11 is 0. The number of unbranched alkanes of at least 4 members (excludes halogenated alkanes) is 1. The molecule has 1 aromatic carbocycles. The Morgan fingerprint density at radius 1 is 1.05 bits per heavy atom. The first kappa shape index (κ1) is 15.2. The van der Waals surface area contributed by atoms with Gasteiger partial charge in [-0.3, -0.25) is 9.59 Å². The van der Waals surface area contributed by atoms with Crippen molar-refractivity contribution in [3.63, 3.8) is 0 Å². The highest BCUT2D eigenvalue weighted by Crippen LogP contribution is 2.13. The maximum atomic E-state index is 12.2. The highest BCUT2D eigenvalue weighted by molar-refractivity contribution is 6.40. The molecule has 0 saturated heterocycles. The minimum atomic E-state index is -0.465. The molecule has 4 nitrogen and oxygen atoms in total. The first-order valence-corrected chi connectivity index (χ1v) is 6.73. The van der Waals surface area contributed by atoms with E-state index in [4.69, 9.17) is 0 Å². The van der Waals surface area contributed by atoms with E-state index >= 15 is 0 Å². The molecule has 0 spiro atoms. The van der Waals surface area contributed by atoms with Gasteiger partial charge in [0, 0.05) is 25.8 Å². The summed E-state index contributed by atoms with van der Waals surface area (Å²) in [4.78, 5) is 27.3. The number of anilines is 1. The Morgan fingerprint density at radius 2 is 1.68 bits per heavy atom. The van der Waals surface area contributed by atoms with Gasteiger partial charge < -0.3 is 9.80 Å². The fourth-order valence-electron chi connectivity index (χ4n) is 1.83. The summed E-state index contributed by atoms with van der Waals surface area (Å²) in [7, 11) is 1.68. The van der Waals surface area contributed by atoms with Crippen LogP contribution in [-0.4, -0.2) is 36.9 Å². The minimum Gasteiger partial charge on any atom is -0.337 e. The fourth-order valence-corrected chi connectivity index (χ4v) is 1.83. The Balaban J connectivity index is 2.76. The molecule has 0 fully saturated rings. The molecule has 0 aliphatic rings. The second-order valence-corrected chi connectivity index (χ2v) is 4.47. The molecule has 19 heavy (non-hydrogen) atoms. The third-order valence-corrected chi connectivity index (χ3v) is 3.01. The molecule has 0 heterocycles. The van der Waals surface area contributed by atoms with Gasteiger partial charge in [-0.2, -0.15) is 0 Å². The Labute approximate surface area is 115 Å². The van der Waals surface area contributed by atoms with Crippen molar-refractivity contribution in [2.24, 2.45) is 0 Å². The van der Waals surface area contributed by atoms with E-state index in [1.54, 1.807) is 7.05 Å². The van der Waals surface area contributed by atoms with Crippen LogP contribution in [0.25, 0.3) is 0 Å². The first-order chi connectivity index (χ1) is 9.11. The van der Waals surface area contributed by atoms with Gasteiger partial charge in [-0.05, 0) is 25.5 Å². The van der Waals surface area contributed by atoms with Crippen LogP contribution in [0.2, 0.25) is 0 Å². The second-order valence-electron chi connectivity index (χ2n) is 4.47. The molecule has 0 saturated carbocycles. The van der Waals surface area contributed by atoms with E-state index in [-0.39, 0.29) is 0 Å². The molecule has 0 N–H and O–H groups in total. The molecule has 2 amide bonds. The highest BCUT2D eigenvalue weighted by atomic mass is 16.2. The van der Waals surface area contributed by atoms with E-state index in [2.05, 4.69) is 6.92 Å². The van der Waals surface area contributed by atoms with Gasteiger partial charge in [0.25, 0.3) is 0 Å². The Hall–Kier alpha value is -1.84. The maximum Gasteiger partial charge on any atom is 0.316 e. The average Bonchev–Trinajstić information content (AvgIpc) is 2.45. The number of amides is 2. The summed E-state index contributed by atoms with van der Waals surface area (Å²) in [6.07, 6.45) is 1.91. The fraction of sp³-hybridized carbons (Fsp3) is 0.467. The predicted octanol–water partition coefficient (Wildman–Crippen LogP) is 2.30. The van der Waals surface area contributed by atoms with Gasteiger partial charge in [0.15, 0.2) is 0 Å². The topological polar surface area (TPSA) is 40.6 Å². The van der Waals surface area contributed by atoms with Crippen LogP contribution in [0.15, 0.2) is 30.3 Å². The smallest absolute Gasteiger partial charge is 0.316 e. The summed E-state index contributed by atoms with van der Waals surface area (Å²) < 4.78 is 0. The van der Waals surface area contributed by atoms with Crippen molar-refractivity contribution in [3.8, 4) is 0 Å². The Kier molecular flexibility index (Phi) is 6.06. The van der Waals surface area contributed by atoms with Crippen molar-refractivity contribution < 1.29 is 9.59 Å². The largest absolute Gasteiger partial charge is 0.337 e. The Bertz CT molecular complexity index is 417. The minimum absolute atomic E-state index is 0.445. The van der Waals surface area contributed by atoms with Crippen LogP contribution in [0.3, 0.4) is 0 Å². The molecule has 1 aromatic rings. The van der Waals surface area contributed by atoms with Gasteiger partial charge in [-0.1, -0.05) is 31.5 Å². The lowest BCUT2D eigenvalue weighted by Gasteiger charge is -2.23. The zero-order valence-electron chi connectivity index (χ0n) is 11.9. The SMILES string of the molecule is CCCCN(C)C(=O)C(=O)N(CC)c1ccccc1. The normalized spacial score (nSPS) is 10.1. The number of rotatable bonds is 5. The van der Waals surface area contributed by atoms with Crippen molar-refractivity contribution in [2.75, 3.05) is 25.0 Å². The molecule has 0 bridgehead atoms. The van der Waals surface area contributed by atoms with Crippen molar-refractivity contribution in [1.82, 2.24) is 4.90 Å². The number of benzene rings is 1. The van der Waals surface area contributed by atoms with E-state index in [1.165, 1.54) is 9.80 Å². The number of nitrogens with zero attached hydrogens (tertiary/aromatic N) is 2. The van der Waals surface area contributed by atoms with Crippen LogP contribution in [0, 0.1) is 0 Å². The lowest BCUT2D eigenvalue weighted by molar-refractivity contribution is -0.143. The third kappa shape index (κ3) is 4.09. The molecule has 0 aliphatic carbocycles. The molecular weight excluding hydrogens is 240 g/mol. The summed E-state index contributed by atoms with van der Waals surface area (Å²) in [6.45, 7) is 5.02. The number of hydrogen-bond acceptors (Lipinski definition) is 2. The van der Waals surface area contributed by atoms with Crippen LogP contribution < -0.4 is 4.90 Å². The second kappa shape index (κ2) is 7.56. The van der Waals surface area contributed by atoms with Gasteiger partial charge in [0.1, 0.15) is 0 Å².